The lowest BCUT2D eigenvalue weighted by Gasteiger charge is -2.25. The second-order valence-corrected chi connectivity index (χ2v) is 6.72. The van der Waals surface area contributed by atoms with E-state index >= 15 is 0 Å². The van der Waals surface area contributed by atoms with E-state index in [1.807, 2.05) is 24.1 Å². The summed E-state index contributed by atoms with van der Waals surface area (Å²) in [6.45, 7) is 4.39. The molecular formula is C18H27N4OS+. The summed E-state index contributed by atoms with van der Waals surface area (Å²) in [4.78, 5) is 18.8. The van der Waals surface area contributed by atoms with Crippen LogP contribution in [0.25, 0.3) is 10.9 Å². The van der Waals surface area contributed by atoms with Gasteiger partial charge in [0.2, 0.25) is 0 Å². The lowest BCUT2D eigenvalue weighted by molar-refractivity contribution is -0.857. The number of nitrogens with one attached hydrogen (secondary N) is 3. The van der Waals surface area contributed by atoms with E-state index in [0.717, 1.165) is 36.0 Å². The zero-order chi connectivity index (χ0) is 17.7. The number of rotatable bonds is 6. The van der Waals surface area contributed by atoms with Crippen LogP contribution in [-0.2, 0) is 13.0 Å². The average molecular weight is 348 g/mol. The third-order valence-corrected chi connectivity index (χ3v) is 4.60. The molecule has 1 aromatic heterocycles. The van der Waals surface area contributed by atoms with Gasteiger partial charge in [0.25, 0.3) is 5.56 Å². The van der Waals surface area contributed by atoms with Crippen LogP contribution in [0.1, 0.15) is 18.1 Å². The largest absolute Gasteiger partial charge is 0.366 e. The molecule has 0 bridgehead atoms. The van der Waals surface area contributed by atoms with Gasteiger partial charge in [-0.2, -0.15) is 0 Å². The maximum absolute atomic E-state index is 12.4. The fraction of sp³-hybridized carbons (Fsp3) is 0.444. The monoisotopic (exact) mass is 347 g/mol. The Morgan fingerprint density at radius 3 is 2.71 bits per heavy atom. The summed E-state index contributed by atoms with van der Waals surface area (Å²) in [6.07, 6.45) is 0.978. The van der Waals surface area contributed by atoms with Gasteiger partial charge in [0.15, 0.2) is 5.11 Å². The maximum atomic E-state index is 12.4. The van der Waals surface area contributed by atoms with Crippen molar-refractivity contribution in [2.75, 3.05) is 34.2 Å². The van der Waals surface area contributed by atoms with Crippen LogP contribution in [0.4, 0.5) is 0 Å². The Hall–Kier alpha value is -1.92. The molecule has 0 saturated carbocycles. The number of hydrogen-bond acceptors (Lipinski definition) is 2. The van der Waals surface area contributed by atoms with Crippen LogP contribution in [0.2, 0.25) is 0 Å². The number of aromatic nitrogens is 1. The molecule has 0 aliphatic carbocycles. The fourth-order valence-electron chi connectivity index (χ4n) is 2.61. The number of thiocarbonyl (C=S) groups is 1. The van der Waals surface area contributed by atoms with Crippen molar-refractivity contribution in [2.24, 2.45) is 0 Å². The van der Waals surface area contributed by atoms with Gasteiger partial charge in [-0.3, -0.25) is 4.79 Å². The molecule has 0 atom stereocenters. The minimum Gasteiger partial charge on any atom is -0.366 e. The third-order valence-electron chi connectivity index (χ3n) is 4.14. The van der Waals surface area contributed by atoms with Gasteiger partial charge in [0, 0.05) is 18.1 Å². The van der Waals surface area contributed by atoms with Gasteiger partial charge in [-0.1, -0.05) is 13.0 Å². The number of fused-ring (bicyclic) bond motifs is 1. The summed E-state index contributed by atoms with van der Waals surface area (Å²) in [6, 6.07) is 8.16. The average Bonchev–Trinajstić information content (AvgIpc) is 2.57. The summed E-state index contributed by atoms with van der Waals surface area (Å²) in [5.74, 6) is 0. The van der Waals surface area contributed by atoms with Gasteiger partial charge >= 0.3 is 0 Å². The van der Waals surface area contributed by atoms with E-state index in [0.29, 0.717) is 11.7 Å². The maximum Gasteiger partial charge on any atom is 0.253 e. The molecule has 0 saturated heterocycles. The van der Waals surface area contributed by atoms with Crippen molar-refractivity contribution in [1.82, 2.24) is 15.2 Å². The normalized spacial score (nSPS) is 11.0. The van der Waals surface area contributed by atoms with Gasteiger partial charge in [-0.25, -0.2) is 0 Å². The van der Waals surface area contributed by atoms with E-state index in [2.05, 4.69) is 43.5 Å². The highest BCUT2D eigenvalue weighted by atomic mass is 32.1. The van der Waals surface area contributed by atoms with E-state index in [9.17, 15) is 4.79 Å². The molecule has 6 heteroatoms. The third kappa shape index (κ3) is 4.55. The Morgan fingerprint density at radius 2 is 2.08 bits per heavy atom. The van der Waals surface area contributed by atoms with Crippen molar-refractivity contribution in [1.29, 1.82) is 0 Å². The SMILES string of the molecule is CCc1ccc2[nH]c(=O)c(CN(CC[NH+](C)C)C(=S)NC)cc2c1. The first-order chi connectivity index (χ1) is 11.4. The molecule has 130 valence electrons. The first-order valence-corrected chi connectivity index (χ1v) is 8.76. The lowest BCUT2D eigenvalue weighted by atomic mass is 10.1. The molecule has 0 spiro atoms. The Morgan fingerprint density at radius 1 is 1.33 bits per heavy atom. The predicted molar refractivity (Wildman–Crippen MR) is 104 cm³/mol. The molecule has 0 unspecified atom stereocenters. The van der Waals surface area contributed by atoms with Crippen molar-refractivity contribution >= 4 is 28.2 Å². The van der Waals surface area contributed by atoms with E-state index < -0.39 is 0 Å². The first-order valence-electron chi connectivity index (χ1n) is 8.35. The number of nitrogens with zero attached hydrogens (tertiary/aromatic N) is 1. The van der Waals surface area contributed by atoms with Crippen LogP contribution >= 0.6 is 12.2 Å². The number of hydrogen-bond donors (Lipinski definition) is 3. The summed E-state index contributed by atoms with van der Waals surface area (Å²) in [5, 5.41) is 4.75. The topological polar surface area (TPSA) is 52.6 Å². The minimum absolute atomic E-state index is 0.0483. The zero-order valence-electron chi connectivity index (χ0n) is 14.9. The Bertz CT molecular complexity index is 769. The van der Waals surface area contributed by atoms with Crippen molar-refractivity contribution in [3.8, 4) is 0 Å². The number of benzene rings is 1. The molecule has 2 aromatic rings. The Balaban J connectivity index is 2.32. The van der Waals surface area contributed by atoms with Gasteiger partial charge < -0.3 is 20.1 Å². The highest BCUT2D eigenvalue weighted by Crippen LogP contribution is 2.15. The van der Waals surface area contributed by atoms with Gasteiger partial charge in [-0.15, -0.1) is 0 Å². The fourth-order valence-corrected chi connectivity index (χ4v) is 2.77. The molecule has 2 rings (SSSR count). The summed E-state index contributed by atoms with van der Waals surface area (Å²) in [5.41, 5.74) is 2.83. The van der Waals surface area contributed by atoms with Gasteiger partial charge in [-0.05, 0) is 47.8 Å². The molecule has 5 nitrogen and oxygen atoms in total. The van der Waals surface area contributed by atoms with Crippen LogP contribution in [0.3, 0.4) is 0 Å². The molecule has 1 aromatic carbocycles. The molecule has 0 aliphatic heterocycles. The van der Waals surface area contributed by atoms with Gasteiger partial charge in [0.05, 0.1) is 33.7 Å². The molecule has 1 heterocycles. The molecular weight excluding hydrogens is 320 g/mol. The quantitative estimate of drug-likeness (QED) is 0.668. The van der Waals surface area contributed by atoms with E-state index in [1.54, 1.807) is 0 Å². The standard InChI is InChI=1S/C18H26N4OS/c1-5-13-6-7-16-14(10-13)11-15(17(23)20-16)12-22(18(24)19-2)9-8-21(3)4/h6-7,10-11H,5,8-9,12H2,1-4H3,(H,19,24)(H,20,23)/p+1. The van der Waals surface area contributed by atoms with Crippen LogP contribution in [0.15, 0.2) is 29.1 Å². The first kappa shape index (κ1) is 18.4. The summed E-state index contributed by atoms with van der Waals surface area (Å²) >= 11 is 5.40. The molecule has 0 radical (unpaired) electrons. The van der Waals surface area contributed by atoms with Crippen molar-refractivity contribution in [3.63, 3.8) is 0 Å². The highest BCUT2D eigenvalue weighted by Gasteiger charge is 2.13. The number of aromatic amines is 1. The van der Waals surface area contributed by atoms with Crippen LogP contribution in [-0.4, -0.2) is 49.2 Å². The Labute approximate surface area is 148 Å². The molecule has 24 heavy (non-hydrogen) atoms. The lowest BCUT2D eigenvalue weighted by Crippen LogP contribution is -3.06. The zero-order valence-corrected chi connectivity index (χ0v) is 15.7. The van der Waals surface area contributed by atoms with Crippen LogP contribution in [0, 0.1) is 0 Å². The van der Waals surface area contributed by atoms with Crippen molar-refractivity contribution in [3.05, 3.63) is 45.7 Å². The number of likely N-dealkylation sites (N-methyl/N-ethyl adjacent to an activating group) is 1. The molecule has 0 amide bonds. The number of aryl methyl sites for hydroxylation is 1. The second-order valence-electron chi connectivity index (χ2n) is 6.33. The number of quaternary nitrogens is 1. The summed E-state index contributed by atoms with van der Waals surface area (Å²) < 4.78 is 0. The van der Waals surface area contributed by atoms with E-state index in [-0.39, 0.29) is 5.56 Å². The molecule has 3 N–H and O–H groups in total. The van der Waals surface area contributed by atoms with E-state index in [4.69, 9.17) is 12.2 Å². The predicted octanol–water partition coefficient (Wildman–Crippen LogP) is 0.541. The smallest absolute Gasteiger partial charge is 0.253 e. The Kier molecular flexibility index (Phi) is 6.34. The van der Waals surface area contributed by atoms with E-state index in [1.165, 1.54) is 10.5 Å². The molecule has 0 fully saturated rings. The van der Waals surface area contributed by atoms with Crippen LogP contribution in [0.5, 0.6) is 0 Å². The minimum atomic E-state index is -0.0483. The number of pyridine rings is 1. The summed E-state index contributed by atoms with van der Waals surface area (Å²) in [7, 11) is 6.03. The highest BCUT2D eigenvalue weighted by molar-refractivity contribution is 7.80. The van der Waals surface area contributed by atoms with Gasteiger partial charge in [0.1, 0.15) is 0 Å². The van der Waals surface area contributed by atoms with Crippen molar-refractivity contribution < 1.29 is 4.90 Å². The molecule has 0 aliphatic rings. The number of H-pyrrole nitrogens is 1. The van der Waals surface area contributed by atoms with Crippen LogP contribution < -0.4 is 15.8 Å². The second kappa shape index (κ2) is 8.26. The van der Waals surface area contributed by atoms with Crippen molar-refractivity contribution in [2.45, 2.75) is 19.9 Å².